The fraction of sp³-hybridized carbons (Fsp3) is 0.385. The molecule has 38 heavy (non-hydrogen) atoms. The number of carbonyl (C=O) groups is 1. The summed E-state index contributed by atoms with van der Waals surface area (Å²) in [5.41, 5.74) is 7.23. The highest BCUT2D eigenvalue weighted by atomic mass is 19.1. The number of amides is 2. The van der Waals surface area contributed by atoms with Crippen LogP contribution in [-0.4, -0.2) is 50.9 Å². The molecule has 0 aliphatic heterocycles. The van der Waals surface area contributed by atoms with Crippen LogP contribution in [-0.2, 0) is 0 Å². The van der Waals surface area contributed by atoms with E-state index >= 15 is 0 Å². The van der Waals surface area contributed by atoms with E-state index in [0.29, 0.717) is 54.2 Å². The first-order valence-electron chi connectivity index (χ1n) is 12.6. The van der Waals surface area contributed by atoms with Crippen molar-refractivity contribution in [3.63, 3.8) is 0 Å². The Balaban J connectivity index is 1.78. The lowest BCUT2D eigenvalue weighted by atomic mass is 9.98. The van der Waals surface area contributed by atoms with Crippen LogP contribution in [0.4, 0.5) is 20.8 Å². The van der Waals surface area contributed by atoms with E-state index in [4.69, 9.17) is 10.7 Å². The van der Waals surface area contributed by atoms with Gasteiger partial charge in [-0.15, -0.1) is 0 Å². The molecule has 0 radical (unpaired) electrons. The number of nitrogen functional groups attached to an aromatic ring is 1. The van der Waals surface area contributed by atoms with Crippen molar-refractivity contribution in [2.75, 3.05) is 24.1 Å². The Morgan fingerprint density at radius 3 is 2.92 bits per heavy atom. The van der Waals surface area contributed by atoms with Gasteiger partial charge in [0, 0.05) is 43.5 Å². The third-order valence-electron chi connectivity index (χ3n) is 6.23. The molecule has 0 spiro atoms. The number of urea groups is 1. The van der Waals surface area contributed by atoms with Crippen LogP contribution in [0.5, 0.6) is 0 Å². The Morgan fingerprint density at radius 2 is 2.16 bits per heavy atom. The van der Waals surface area contributed by atoms with Crippen molar-refractivity contribution in [1.82, 2.24) is 30.2 Å². The van der Waals surface area contributed by atoms with Crippen LogP contribution >= 0.6 is 0 Å². The molecule has 0 saturated carbocycles. The smallest absolute Gasteiger partial charge is 0.315 e. The number of rotatable bonds is 8. The van der Waals surface area contributed by atoms with Gasteiger partial charge in [0.1, 0.15) is 29.6 Å². The van der Waals surface area contributed by atoms with Gasteiger partial charge in [-0.1, -0.05) is 6.08 Å². The molecule has 0 bridgehead atoms. The summed E-state index contributed by atoms with van der Waals surface area (Å²) in [5.74, 6) is 0.565. The van der Waals surface area contributed by atoms with Crippen LogP contribution in [0.1, 0.15) is 57.5 Å². The molecule has 1 unspecified atom stereocenters. The Bertz CT molecular complexity index is 1450. The second-order valence-electron chi connectivity index (χ2n) is 8.96. The number of hydrogen-bond donors (Lipinski definition) is 4. The zero-order valence-corrected chi connectivity index (χ0v) is 21.7. The summed E-state index contributed by atoms with van der Waals surface area (Å²) < 4.78 is 15.6. The number of halogens is 1. The van der Waals surface area contributed by atoms with E-state index in [1.54, 1.807) is 10.8 Å². The minimum absolute atomic E-state index is 0.160. The molecule has 1 aliphatic rings. The number of fused-ring (bicyclic) bond motifs is 1. The number of nitrogens with one attached hydrogen (secondary N) is 3. The van der Waals surface area contributed by atoms with Gasteiger partial charge in [0.2, 0.25) is 0 Å². The molecular formula is C26H32FN9O2. The monoisotopic (exact) mass is 521 g/mol. The van der Waals surface area contributed by atoms with Gasteiger partial charge in [0.05, 0.1) is 22.5 Å². The van der Waals surface area contributed by atoms with Gasteiger partial charge < -0.3 is 21.7 Å². The lowest BCUT2D eigenvalue weighted by molar-refractivity contribution is 0.236. The topological polar surface area (TPSA) is 152 Å². The Morgan fingerprint density at radius 1 is 1.34 bits per heavy atom. The van der Waals surface area contributed by atoms with Crippen LogP contribution in [0, 0.1) is 5.82 Å². The van der Waals surface area contributed by atoms with E-state index in [2.05, 4.69) is 30.9 Å². The normalized spacial score (nSPS) is 16.3. The number of aromatic nitrogens is 4. The van der Waals surface area contributed by atoms with Crippen molar-refractivity contribution in [2.45, 2.75) is 52.1 Å². The molecule has 2 amide bonds. The number of nitrogens with zero attached hydrogens (tertiary/aromatic N) is 5. The highest BCUT2D eigenvalue weighted by Gasteiger charge is 2.25. The van der Waals surface area contributed by atoms with Crippen LogP contribution in [0.3, 0.4) is 0 Å². The number of anilines is 2. The lowest BCUT2D eigenvalue weighted by Gasteiger charge is -2.27. The Kier molecular flexibility index (Phi) is 8.29. The van der Waals surface area contributed by atoms with Gasteiger partial charge in [-0.2, -0.15) is 0 Å². The summed E-state index contributed by atoms with van der Waals surface area (Å²) in [4.78, 5) is 43.3. The minimum Gasteiger partial charge on any atom is -0.383 e. The Hall–Kier alpha value is -4.35. The second kappa shape index (κ2) is 11.8. The molecule has 4 rings (SSSR count). The predicted octanol–water partition coefficient (Wildman–Crippen LogP) is 3.23. The zero-order valence-electron chi connectivity index (χ0n) is 21.7. The molecular weight excluding hydrogens is 489 g/mol. The summed E-state index contributed by atoms with van der Waals surface area (Å²) in [6.07, 6.45) is 6.76. The average Bonchev–Trinajstić information content (AvgIpc) is 2.88. The van der Waals surface area contributed by atoms with E-state index in [0.717, 1.165) is 6.42 Å². The molecule has 11 nitrogen and oxygen atoms in total. The molecule has 2 heterocycles. The van der Waals surface area contributed by atoms with Crippen molar-refractivity contribution in [3.8, 4) is 0 Å². The maximum atomic E-state index is 14.1. The molecule has 2 aromatic heterocycles. The van der Waals surface area contributed by atoms with Gasteiger partial charge in [-0.3, -0.25) is 14.4 Å². The summed E-state index contributed by atoms with van der Waals surface area (Å²) >= 11 is 0. The van der Waals surface area contributed by atoms with Crippen LogP contribution < -0.4 is 27.2 Å². The van der Waals surface area contributed by atoms with Gasteiger partial charge in [-0.25, -0.2) is 24.1 Å². The molecule has 0 fully saturated rings. The zero-order chi connectivity index (χ0) is 27.2. The summed E-state index contributed by atoms with van der Waals surface area (Å²) in [5, 5.41) is 9.28. The van der Waals surface area contributed by atoms with Crippen molar-refractivity contribution < 1.29 is 9.18 Å². The van der Waals surface area contributed by atoms with Gasteiger partial charge >= 0.3 is 6.03 Å². The highest BCUT2D eigenvalue weighted by Crippen LogP contribution is 2.27. The first-order chi connectivity index (χ1) is 18.3. The fourth-order valence-electron chi connectivity index (χ4n) is 4.44. The second-order valence-corrected chi connectivity index (χ2v) is 8.96. The molecule has 3 aromatic rings. The number of aliphatic imine (C=N–C) groups is 1. The molecule has 1 aromatic carbocycles. The number of hydrogen-bond acceptors (Lipinski definition) is 8. The first kappa shape index (κ1) is 26.7. The molecule has 5 N–H and O–H groups in total. The molecule has 2 atom stereocenters. The van der Waals surface area contributed by atoms with E-state index in [9.17, 15) is 14.0 Å². The van der Waals surface area contributed by atoms with Crippen LogP contribution in [0.2, 0.25) is 0 Å². The number of benzene rings is 1. The fourth-order valence-corrected chi connectivity index (χ4v) is 4.44. The van der Waals surface area contributed by atoms with Gasteiger partial charge in [-0.05, 0) is 45.7 Å². The molecule has 0 saturated heterocycles. The van der Waals surface area contributed by atoms with Crippen LogP contribution in [0.25, 0.3) is 16.6 Å². The average molecular weight is 522 g/mol. The van der Waals surface area contributed by atoms with E-state index in [-0.39, 0.29) is 29.0 Å². The summed E-state index contributed by atoms with van der Waals surface area (Å²) in [6.45, 7) is 6.64. The van der Waals surface area contributed by atoms with Crippen molar-refractivity contribution in [3.05, 3.63) is 58.2 Å². The summed E-state index contributed by atoms with van der Waals surface area (Å²) in [7, 11) is 0. The molecule has 1 aliphatic carbocycles. The standard InChI is InChI=1S/C26H32FN9O2/c1-4-29-13-20-22(28)31-14-32-23(20)33-15(3)24-35-21-11-16(27)9-10-19(21)25(37)36(24)18-8-6-7-17(12-18)34-26(38)30-5-2/h8-11,13-15,17H,4-7,12H2,1-3H3,(H2,30,34,38)(H3,28,31,32,33)/t15-,17?/m0/s1. The maximum absolute atomic E-state index is 14.1. The number of allylic oxidation sites excluding steroid dienone is 1. The Labute approximate surface area is 219 Å². The summed E-state index contributed by atoms with van der Waals surface area (Å²) in [6, 6.07) is 2.97. The lowest BCUT2D eigenvalue weighted by Crippen LogP contribution is -2.43. The van der Waals surface area contributed by atoms with Crippen molar-refractivity contribution in [2.24, 2.45) is 4.99 Å². The largest absolute Gasteiger partial charge is 0.383 e. The quantitative estimate of drug-likeness (QED) is 0.332. The van der Waals surface area contributed by atoms with E-state index in [1.165, 1.54) is 24.5 Å². The number of carbonyl (C=O) groups excluding carboxylic acids is 1. The third-order valence-corrected chi connectivity index (χ3v) is 6.23. The van der Waals surface area contributed by atoms with Gasteiger partial charge in [0.25, 0.3) is 5.56 Å². The maximum Gasteiger partial charge on any atom is 0.315 e. The minimum atomic E-state index is -0.545. The highest BCUT2D eigenvalue weighted by molar-refractivity contribution is 5.91. The van der Waals surface area contributed by atoms with E-state index in [1.807, 2.05) is 26.8 Å². The third kappa shape index (κ3) is 5.79. The molecule has 12 heteroatoms. The van der Waals surface area contributed by atoms with E-state index < -0.39 is 11.9 Å². The number of nitrogens with two attached hydrogens (primary N) is 1. The van der Waals surface area contributed by atoms with Crippen LogP contribution in [0.15, 0.2) is 40.4 Å². The van der Waals surface area contributed by atoms with Gasteiger partial charge in [0.15, 0.2) is 0 Å². The SMILES string of the molecule is CCN=Cc1c(N)ncnc1N[C@@H](C)c1nc2cc(F)ccc2c(=O)n1C1=CCCC(NC(=O)NCC)C1. The van der Waals surface area contributed by atoms with Crippen molar-refractivity contribution >= 4 is 40.5 Å². The first-order valence-corrected chi connectivity index (χ1v) is 12.6. The molecule has 200 valence electrons. The predicted molar refractivity (Wildman–Crippen MR) is 147 cm³/mol. The van der Waals surface area contributed by atoms with Crippen molar-refractivity contribution in [1.29, 1.82) is 0 Å².